The second-order valence-corrected chi connectivity index (χ2v) is 4.98. The zero-order valence-electron chi connectivity index (χ0n) is 10.1. The molecule has 2 aliphatic rings. The molecule has 0 radical (unpaired) electrons. The molecule has 17 heavy (non-hydrogen) atoms. The van der Waals surface area contributed by atoms with Crippen LogP contribution in [0.1, 0.15) is 40.7 Å². The van der Waals surface area contributed by atoms with Crippen molar-refractivity contribution < 1.29 is 9.53 Å². The van der Waals surface area contributed by atoms with Crippen molar-refractivity contribution in [3.05, 3.63) is 34.9 Å². The molecule has 90 valence electrons. The lowest BCUT2D eigenvalue weighted by molar-refractivity contribution is -0.0147. The van der Waals surface area contributed by atoms with Crippen LogP contribution < -0.4 is 5.32 Å². The molecule has 1 fully saturated rings. The first kappa shape index (κ1) is 10.8. The number of esters is 1. The van der Waals surface area contributed by atoms with Crippen molar-refractivity contribution in [3.8, 4) is 0 Å². The Morgan fingerprint density at radius 3 is 3.06 bits per heavy atom. The maximum Gasteiger partial charge on any atom is 0.339 e. The fourth-order valence-electron chi connectivity index (χ4n) is 3.01. The Labute approximate surface area is 101 Å². The van der Waals surface area contributed by atoms with Gasteiger partial charge in [0.15, 0.2) is 0 Å². The summed E-state index contributed by atoms with van der Waals surface area (Å²) in [6.45, 7) is 3.91. The van der Waals surface area contributed by atoms with Gasteiger partial charge in [-0.3, -0.25) is 0 Å². The summed E-state index contributed by atoms with van der Waals surface area (Å²) in [6.07, 6.45) is 2.87. The van der Waals surface area contributed by atoms with E-state index in [1.807, 2.05) is 19.1 Å². The average Bonchev–Trinajstić information content (AvgIpc) is 2.49. The van der Waals surface area contributed by atoms with Crippen LogP contribution in [0.5, 0.6) is 0 Å². The molecule has 1 spiro atoms. The zero-order valence-corrected chi connectivity index (χ0v) is 10.1. The van der Waals surface area contributed by atoms with Gasteiger partial charge in [-0.25, -0.2) is 4.79 Å². The number of fused-ring (bicyclic) bond motifs is 2. The first-order valence-corrected chi connectivity index (χ1v) is 6.27. The summed E-state index contributed by atoms with van der Waals surface area (Å²) in [5.41, 5.74) is 2.57. The highest BCUT2D eigenvalue weighted by Gasteiger charge is 2.45. The van der Waals surface area contributed by atoms with Gasteiger partial charge in [-0.15, -0.1) is 0 Å². The number of benzene rings is 1. The number of nitrogens with one attached hydrogen (secondary N) is 1. The maximum absolute atomic E-state index is 12.0. The first-order valence-electron chi connectivity index (χ1n) is 6.27. The first-order chi connectivity index (χ1) is 8.23. The van der Waals surface area contributed by atoms with Crippen LogP contribution in [0.25, 0.3) is 0 Å². The van der Waals surface area contributed by atoms with Crippen LogP contribution in [-0.4, -0.2) is 19.1 Å². The largest absolute Gasteiger partial charge is 0.450 e. The normalized spacial score (nSPS) is 27.7. The molecular formula is C14H17NO2. The molecule has 1 aromatic carbocycles. The number of rotatable bonds is 0. The topological polar surface area (TPSA) is 38.3 Å². The van der Waals surface area contributed by atoms with Gasteiger partial charge in [0.2, 0.25) is 0 Å². The molecule has 2 aliphatic heterocycles. The van der Waals surface area contributed by atoms with Gasteiger partial charge in [0.05, 0.1) is 5.56 Å². The van der Waals surface area contributed by atoms with Crippen LogP contribution in [0.2, 0.25) is 0 Å². The van der Waals surface area contributed by atoms with Crippen LogP contribution in [0.3, 0.4) is 0 Å². The zero-order chi connectivity index (χ0) is 11.9. The lowest BCUT2D eigenvalue weighted by atomic mass is 9.85. The number of ether oxygens (including phenoxy) is 1. The van der Waals surface area contributed by atoms with Gasteiger partial charge >= 0.3 is 5.97 Å². The van der Waals surface area contributed by atoms with Crippen molar-refractivity contribution in [2.75, 3.05) is 13.1 Å². The van der Waals surface area contributed by atoms with E-state index < -0.39 is 0 Å². The maximum atomic E-state index is 12.0. The summed E-state index contributed by atoms with van der Waals surface area (Å²) in [5.74, 6) is -0.139. The molecular weight excluding hydrogens is 214 g/mol. The number of aryl methyl sites for hydroxylation is 1. The highest BCUT2D eigenvalue weighted by atomic mass is 16.6. The summed E-state index contributed by atoms with van der Waals surface area (Å²) < 4.78 is 5.74. The van der Waals surface area contributed by atoms with Crippen molar-refractivity contribution in [3.63, 3.8) is 0 Å². The monoisotopic (exact) mass is 231 g/mol. The summed E-state index contributed by atoms with van der Waals surface area (Å²) >= 11 is 0. The molecule has 3 heteroatoms. The Kier molecular flexibility index (Phi) is 2.44. The van der Waals surface area contributed by atoms with Gasteiger partial charge < -0.3 is 10.1 Å². The molecule has 1 N–H and O–H groups in total. The summed E-state index contributed by atoms with van der Waals surface area (Å²) in [7, 11) is 0. The number of hydrogen-bond donors (Lipinski definition) is 1. The fraction of sp³-hybridized carbons (Fsp3) is 0.500. The quantitative estimate of drug-likeness (QED) is 0.695. The summed E-state index contributed by atoms with van der Waals surface area (Å²) in [6, 6.07) is 6.06. The van der Waals surface area contributed by atoms with E-state index in [-0.39, 0.29) is 11.6 Å². The highest BCUT2D eigenvalue weighted by Crippen LogP contribution is 2.44. The molecule has 1 atom stereocenters. The predicted octanol–water partition coefficient (Wildman–Crippen LogP) is 2.13. The number of hydrogen-bond acceptors (Lipinski definition) is 3. The third-order valence-corrected chi connectivity index (χ3v) is 3.90. The van der Waals surface area contributed by atoms with Crippen LogP contribution >= 0.6 is 0 Å². The van der Waals surface area contributed by atoms with Crippen LogP contribution in [0.15, 0.2) is 18.2 Å². The van der Waals surface area contributed by atoms with E-state index in [4.69, 9.17) is 4.74 Å². The minimum absolute atomic E-state index is 0.139. The van der Waals surface area contributed by atoms with E-state index in [1.165, 1.54) is 0 Å². The summed E-state index contributed by atoms with van der Waals surface area (Å²) in [5, 5.41) is 3.37. The fourth-order valence-corrected chi connectivity index (χ4v) is 3.01. The second-order valence-electron chi connectivity index (χ2n) is 4.98. The van der Waals surface area contributed by atoms with E-state index in [1.54, 1.807) is 0 Å². The minimum atomic E-state index is -0.359. The highest BCUT2D eigenvalue weighted by molar-refractivity contribution is 5.96. The van der Waals surface area contributed by atoms with Gasteiger partial charge in [0, 0.05) is 12.0 Å². The van der Waals surface area contributed by atoms with E-state index in [9.17, 15) is 4.79 Å². The van der Waals surface area contributed by atoms with Gasteiger partial charge in [0.1, 0.15) is 5.60 Å². The molecule has 1 unspecified atom stereocenters. The Morgan fingerprint density at radius 1 is 1.29 bits per heavy atom. The molecule has 0 bridgehead atoms. The molecule has 3 rings (SSSR count). The van der Waals surface area contributed by atoms with E-state index in [0.29, 0.717) is 0 Å². The van der Waals surface area contributed by atoms with Crippen molar-refractivity contribution in [2.24, 2.45) is 0 Å². The molecule has 0 amide bonds. The molecule has 2 heterocycles. The van der Waals surface area contributed by atoms with E-state index >= 15 is 0 Å². The predicted molar refractivity (Wildman–Crippen MR) is 65.0 cm³/mol. The van der Waals surface area contributed by atoms with Crippen LogP contribution in [0, 0.1) is 6.92 Å². The van der Waals surface area contributed by atoms with Gasteiger partial charge in [-0.05, 0) is 38.4 Å². The number of carbonyl (C=O) groups excluding carboxylic acids is 1. The van der Waals surface area contributed by atoms with Crippen molar-refractivity contribution >= 4 is 5.97 Å². The third-order valence-electron chi connectivity index (χ3n) is 3.90. The van der Waals surface area contributed by atoms with Crippen molar-refractivity contribution in [1.82, 2.24) is 5.32 Å². The van der Waals surface area contributed by atoms with Crippen molar-refractivity contribution in [1.29, 1.82) is 0 Å². The van der Waals surface area contributed by atoms with E-state index in [0.717, 1.165) is 49.0 Å². The lowest BCUT2D eigenvalue weighted by Gasteiger charge is -2.27. The van der Waals surface area contributed by atoms with Crippen LogP contribution in [-0.2, 0) is 10.3 Å². The lowest BCUT2D eigenvalue weighted by Crippen LogP contribution is -2.27. The third kappa shape index (κ3) is 1.57. The van der Waals surface area contributed by atoms with E-state index in [2.05, 4.69) is 11.4 Å². The Bertz CT molecular complexity index is 459. The standard InChI is InChI=1S/C14H17NO2/c1-10-4-2-5-11-12(10)13(16)17-14(11)6-3-8-15-9-7-14/h2,4-5,15H,3,6-9H2,1H3. The average molecular weight is 231 g/mol. The second kappa shape index (κ2) is 3.84. The molecule has 1 aromatic rings. The molecule has 1 saturated heterocycles. The number of carbonyl (C=O) groups is 1. The molecule has 3 nitrogen and oxygen atoms in total. The van der Waals surface area contributed by atoms with Crippen LogP contribution in [0.4, 0.5) is 0 Å². The van der Waals surface area contributed by atoms with Crippen molar-refractivity contribution in [2.45, 2.75) is 31.8 Å². The Morgan fingerprint density at radius 2 is 2.18 bits per heavy atom. The Hall–Kier alpha value is -1.35. The molecule has 0 aliphatic carbocycles. The molecule has 0 saturated carbocycles. The van der Waals surface area contributed by atoms with Gasteiger partial charge in [0.25, 0.3) is 0 Å². The van der Waals surface area contributed by atoms with Gasteiger partial charge in [-0.2, -0.15) is 0 Å². The SMILES string of the molecule is Cc1cccc2c1C(=O)OC21CCCNCC1. The minimum Gasteiger partial charge on any atom is -0.450 e. The van der Waals surface area contributed by atoms with Gasteiger partial charge in [-0.1, -0.05) is 18.2 Å². The molecule has 0 aromatic heterocycles. The summed E-state index contributed by atoms with van der Waals surface area (Å²) in [4.78, 5) is 12.0. The smallest absolute Gasteiger partial charge is 0.339 e. The Balaban J connectivity index is 2.11.